The number of aromatic nitrogens is 5. The van der Waals surface area contributed by atoms with Crippen LogP contribution in [0, 0.1) is 0 Å². The molecule has 1 N–H and O–H groups in total. The van der Waals surface area contributed by atoms with Crippen LogP contribution in [0.15, 0.2) is 23.3 Å². The molecule has 0 saturated heterocycles. The standard InChI is InChI=1S/C11H8N5O3.Al.2H/c17-9(18)3-6-15-5-2-7-10(11(15)19)14-13-8-1-4-12-16(7)8;;;/h2,4-5H,3,6H2,(H,17,18);;;. The minimum absolute atomic E-state index is 0.106. The van der Waals surface area contributed by atoms with Crippen molar-refractivity contribution in [2.45, 2.75) is 13.0 Å². The highest BCUT2D eigenvalue weighted by atomic mass is 27.0. The van der Waals surface area contributed by atoms with Gasteiger partial charge in [0.2, 0.25) is 0 Å². The molecular formula is C11H10AlN5O3. The van der Waals surface area contributed by atoms with E-state index in [-0.39, 0.29) is 24.0 Å². The Balaban J connectivity index is 2.21. The Morgan fingerprint density at radius 2 is 2.20 bits per heavy atom. The number of pyridine rings is 1. The monoisotopic (exact) mass is 287 g/mol. The molecule has 0 atom stereocenters. The smallest absolute Gasteiger partial charge is 0.305 e. The number of carboxylic acids is 1. The zero-order chi connectivity index (χ0) is 14.3. The molecule has 8 nitrogen and oxygen atoms in total. The molecule has 0 aromatic carbocycles. The minimum Gasteiger partial charge on any atom is -0.481 e. The first-order chi connectivity index (χ1) is 9.58. The Morgan fingerprint density at radius 1 is 1.40 bits per heavy atom. The van der Waals surface area contributed by atoms with E-state index < -0.39 is 5.97 Å². The molecule has 100 valence electrons. The predicted molar refractivity (Wildman–Crippen MR) is 73.0 cm³/mol. The highest BCUT2D eigenvalue weighted by Gasteiger charge is 2.11. The zero-order valence-corrected chi connectivity index (χ0v) is 12.6. The van der Waals surface area contributed by atoms with Gasteiger partial charge in [0.15, 0.2) is 11.2 Å². The summed E-state index contributed by atoms with van der Waals surface area (Å²) in [6.45, 7) is 0.106. The summed E-state index contributed by atoms with van der Waals surface area (Å²) in [7, 11) is 0. The largest absolute Gasteiger partial charge is 0.481 e. The number of hydrogen-bond donors (Lipinski definition) is 1. The Kier molecular flexibility index (Phi) is 3.00. The number of aryl methyl sites for hydroxylation is 1. The second kappa shape index (κ2) is 4.70. The van der Waals surface area contributed by atoms with Gasteiger partial charge in [-0.05, 0) is 6.07 Å². The van der Waals surface area contributed by atoms with Gasteiger partial charge in [0.25, 0.3) is 21.8 Å². The first-order valence-electron chi connectivity index (χ1n) is 6.00. The maximum Gasteiger partial charge on any atom is 0.305 e. The van der Waals surface area contributed by atoms with E-state index in [1.807, 2.05) is 0 Å². The molecule has 20 heavy (non-hydrogen) atoms. The summed E-state index contributed by atoms with van der Waals surface area (Å²) in [5.41, 5.74) is 1.07. The quantitative estimate of drug-likeness (QED) is 0.569. The van der Waals surface area contributed by atoms with Gasteiger partial charge in [-0.25, -0.2) is 4.52 Å². The normalized spacial score (nSPS) is 11.2. The second-order valence-electron chi connectivity index (χ2n) is 4.45. The fourth-order valence-corrected chi connectivity index (χ4v) is 2.46. The van der Waals surface area contributed by atoms with Crippen LogP contribution in [0.25, 0.3) is 16.7 Å². The van der Waals surface area contributed by atoms with E-state index >= 15 is 0 Å². The minimum atomic E-state index is -0.953. The average Bonchev–Trinajstić information content (AvgIpc) is 2.80. The van der Waals surface area contributed by atoms with Crippen molar-refractivity contribution >= 4 is 43.4 Å². The Morgan fingerprint density at radius 3 is 2.95 bits per heavy atom. The highest BCUT2D eigenvalue weighted by Crippen LogP contribution is 2.06. The summed E-state index contributed by atoms with van der Waals surface area (Å²) >= 11 is 0.796. The first kappa shape index (κ1) is 12.8. The summed E-state index contributed by atoms with van der Waals surface area (Å²) in [6.07, 6.45) is 3.16. The molecule has 0 spiro atoms. The number of carbonyl (C=O) groups is 1. The number of aliphatic carboxylic acids is 1. The molecule has 3 aromatic heterocycles. The van der Waals surface area contributed by atoms with Gasteiger partial charge < -0.3 is 9.67 Å². The lowest BCUT2D eigenvalue weighted by Gasteiger charge is -2.05. The molecule has 0 amide bonds. The Bertz CT molecular complexity index is 885. The van der Waals surface area contributed by atoms with E-state index in [4.69, 9.17) is 5.11 Å². The Hall–Kier alpha value is -2.24. The van der Waals surface area contributed by atoms with Crippen molar-refractivity contribution in [2.24, 2.45) is 0 Å². The third-order valence-corrected chi connectivity index (χ3v) is 3.78. The molecule has 0 bridgehead atoms. The van der Waals surface area contributed by atoms with E-state index in [2.05, 4.69) is 15.3 Å². The summed E-state index contributed by atoms with van der Waals surface area (Å²) < 4.78 is 3.92. The summed E-state index contributed by atoms with van der Waals surface area (Å²) in [6, 6.07) is 1.70. The van der Waals surface area contributed by atoms with E-state index in [9.17, 15) is 9.59 Å². The zero-order valence-electron chi connectivity index (χ0n) is 10.6. The van der Waals surface area contributed by atoms with E-state index in [0.29, 0.717) is 11.2 Å². The molecule has 0 unspecified atom stereocenters. The number of hydrogen-bond acceptors (Lipinski definition) is 5. The molecule has 0 aliphatic heterocycles. The predicted octanol–water partition coefficient (Wildman–Crippen LogP) is -1.83. The van der Waals surface area contributed by atoms with Gasteiger partial charge in [-0.15, -0.1) is 10.2 Å². The summed E-state index contributed by atoms with van der Waals surface area (Å²) in [5, 5.41) is 20.8. The lowest BCUT2D eigenvalue weighted by atomic mass is 10.3. The summed E-state index contributed by atoms with van der Waals surface area (Å²) in [5.74, 6) is -0.953. The van der Waals surface area contributed by atoms with Gasteiger partial charge in [-0.2, -0.15) is 5.10 Å². The number of nitrogens with zero attached hydrogens (tertiary/aromatic N) is 5. The van der Waals surface area contributed by atoms with E-state index in [0.717, 1.165) is 20.7 Å². The molecule has 0 saturated carbocycles. The maximum absolute atomic E-state index is 12.2. The van der Waals surface area contributed by atoms with Crippen LogP contribution in [-0.2, 0) is 11.3 Å². The van der Waals surface area contributed by atoms with Gasteiger partial charge in [-0.1, -0.05) is 4.43 Å². The van der Waals surface area contributed by atoms with Crippen molar-refractivity contribution < 1.29 is 9.90 Å². The van der Waals surface area contributed by atoms with Crippen molar-refractivity contribution in [3.8, 4) is 0 Å². The van der Waals surface area contributed by atoms with Crippen LogP contribution in [0.5, 0.6) is 0 Å². The van der Waals surface area contributed by atoms with Crippen molar-refractivity contribution in [3.05, 3.63) is 28.8 Å². The molecule has 0 radical (unpaired) electrons. The van der Waals surface area contributed by atoms with Gasteiger partial charge in [0, 0.05) is 18.9 Å². The molecule has 0 aliphatic rings. The average molecular weight is 287 g/mol. The molecular weight excluding hydrogens is 277 g/mol. The SMILES string of the molecule is O=C(O)CCn1ccc2c(nnc3[c]([AlH2])cnn32)c1=O. The third-order valence-electron chi connectivity index (χ3n) is 3.08. The van der Waals surface area contributed by atoms with Gasteiger partial charge >= 0.3 is 5.97 Å². The van der Waals surface area contributed by atoms with Crippen molar-refractivity contribution in [2.75, 3.05) is 0 Å². The molecule has 0 fully saturated rings. The van der Waals surface area contributed by atoms with Gasteiger partial charge in [0.05, 0.1) is 6.42 Å². The third kappa shape index (κ3) is 1.97. The first-order valence-corrected chi connectivity index (χ1v) is 7.00. The molecule has 3 heterocycles. The van der Waals surface area contributed by atoms with E-state index in [1.54, 1.807) is 23.0 Å². The number of fused-ring (bicyclic) bond motifs is 3. The van der Waals surface area contributed by atoms with Crippen LogP contribution in [0.2, 0.25) is 0 Å². The van der Waals surface area contributed by atoms with Crippen molar-refractivity contribution in [1.29, 1.82) is 0 Å². The lowest BCUT2D eigenvalue weighted by Crippen LogP contribution is -2.23. The van der Waals surface area contributed by atoms with Crippen LogP contribution in [0.3, 0.4) is 0 Å². The van der Waals surface area contributed by atoms with E-state index in [1.165, 1.54) is 4.57 Å². The van der Waals surface area contributed by atoms with Crippen LogP contribution in [-0.4, -0.2) is 51.7 Å². The van der Waals surface area contributed by atoms with Gasteiger partial charge in [0.1, 0.15) is 5.52 Å². The summed E-state index contributed by atoms with van der Waals surface area (Å²) in [4.78, 5) is 22.8. The topological polar surface area (TPSA) is 102 Å². The molecule has 9 heteroatoms. The lowest BCUT2D eigenvalue weighted by molar-refractivity contribution is -0.137. The van der Waals surface area contributed by atoms with Crippen LogP contribution in [0.1, 0.15) is 6.42 Å². The number of carboxylic acid groups (broad SMARTS) is 1. The van der Waals surface area contributed by atoms with Crippen LogP contribution < -0.4 is 9.98 Å². The van der Waals surface area contributed by atoms with Gasteiger partial charge in [-0.3, -0.25) is 9.59 Å². The van der Waals surface area contributed by atoms with Crippen molar-refractivity contribution in [3.63, 3.8) is 0 Å². The second-order valence-corrected chi connectivity index (χ2v) is 5.53. The molecule has 3 aromatic rings. The Labute approximate surface area is 120 Å². The fraction of sp³-hybridized carbons (Fsp3) is 0.182. The van der Waals surface area contributed by atoms with Crippen LogP contribution >= 0.6 is 0 Å². The maximum atomic E-state index is 12.2. The van der Waals surface area contributed by atoms with Crippen LogP contribution in [0.4, 0.5) is 0 Å². The molecule has 3 rings (SSSR count). The molecule has 0 aliphatic carbocycles. The highest BCUT2D eigenvalue weighted by molar-refractivity contribution is 6.36. The van der Waals surface area contributed by atoms with Crippen molar-refractivity contribution in [1.82, 2.24) is 24.4 Å². The number of rotatable bonds is 3. The fourth-order valence-electron chi connectivity index (χ4n) is 2.03.